The Morgan fingerprint density at radius 3 is 2.33 bits per heavy atom. The van der Waals surface area contributed by atoms with Gasteiger partial charge in [0.25, 0.3) is 5.91 Å². The minimum absolute atomic E-state index is 0.280. The van der Waals surface area contributed by atoms with Crippen LogP contribution in [0.1, 0.15) is 21.5 Å². The smallest absolute Gasteiger partial charge is 0.288 e. The van der Waals surface area contributed by atoms with Gasteiger partial charge in [0.15, 0.2) is 0 Å². The zero-order valence-corrected chi connectivity index (χ0v) is 18.9. The van der Waals surface area contributed by atoms with Crippen LogP contribution in [0.25, 0.3) is 33.5 Å². The van der Waals surface area contributed by atoms with Crippen LogP contribution in [0.5, 0.6) is 0 Å². The number of amides is 1. The molecule has 0 spiro atoms. The standard InChI is InChI=1S/C25H19F3N6O2/c1-33-22-11-8-18(12-21(22)29-32-33)20-13-23(16-6-9-19(10-7-16)25(26,27)28)34(30-20)14-15-2-4-17(5-3-15)24(35)31-36/h2-13,36H,14H2,1H3,(H,31,35). The normalized spacial score (nSPS) is 11.7. The van der Waals surface area contributed by atoms with E-state index in [9.17, 15) is 18.0 Å². The molecule has 5 aromatic rings. The van der Waals surface area contributed by atoms with Crippen molar-refractivity contribution in [1.29, 1.82) is 0 Å². The summed E-state index contributed by atoms with van der Waals surface area (Å²) >= 11 is 0. The molecule has 0 unspecified atom stereocenters. The summed E-state index contributed by atoms with van der Waals surface area (Å²) in [5.41, 5.74) is 6.07. The van der Waals surface area contributed by atoms with Crippen molar-refractivity contribution in [3.63, 3.8) is 0 Å². The monoisotopic (exact) mass is 492 g/mol. The van der Waals surface area contributed by atoms with Crippen molar-refractivity contribution >= 4 is 16.9 Å². The van der Waals surface area contributed by atoms with Crippen LogP contribution in [0.15, 0.2) is 72.8 Å². The molecule has 0 atom stereocenters. The lowest BCUT2D eigenvalue weighted by atomic mass is 10.1. The summed E-state index contributed by atoms with van der Waals surface area (Å²) in [6, 6.07) is 18.9. The Balaban J connectivity index is 1.55. The van der Waals surface area contributed by atoms with E-state index in [1.54, 1.807) is 46.2 Å². The Bertz CT molecular complexity index is 1550. The van der Waals surface area contributed by atoms with Gasteiger partial charge in [-0.1, -0.05) is 35.5 Å². The Kier molecular flexibility index (Phi) is 5.77. The van der Waals surface area contributed by atoms with Crippen molar-refractivity contribution in [1.82, 2.24) is 30.3 Å². The number of halogens is 3. The van der Waals surface area contributed by atoms with Crippen molar-refractivity contribution in [2.45, 2.75) is 12.7 Å². The average Bonchev–Trinajstić information content (AvgIpc) is 3.47. The SMILES string of the molecule is Cn1nnc2cc(-c3cc(-c4ccc(C(F)(F)F)cc4)n(Cc4ccc(C(=O)NO)cc4)n3)ccc21. The van der Waals surface area contributed by atoms with Gasteiger partial charge in [-0.25, -0.2) is 10.2 Å². The first kappa shape index (κ1) is 23.2. The number of alkyl halides is 3. The van der Waals surface area contributed by atoms with Gasteiger partial charge in [-0.05, 0) is 53.6 Å². The fourth-order valence-electron chi connectivity index (χ4n) is 3.94. The fourth-order valence-corrected chi connectivity index (χ4v) is 3.94. The molecular formula is C25H19F3N6O2. The zero-order chi connectivity index (χ0) is 25.4. The number of nitrogens with zero attached hydrogens (tertiary/aromatic N) is 5. The number of hydrogen-bond acceptors (Lipinski definition) is 5. The van der Waals surface area contributed by atoms with E-state index in [1.165, 1.54) is 12.1 Å². The summed E-state index contributed by atoms with van der Waals surface area (Å²) in [6.45, 7) is 0.296. The number of carbonyl (C=O) groups is 1. The molecule has 8 nitrogen and oxygen atoms in total. The summed E-state index contributed by atoms with van der Waals surface area (Å²) in [4.78, 5) is 11.6. The molecule has 0 radical (unpaired) electrons. The number of rotatable bonds is 5. The molecule has 3 aromatic carbocycles. The van der Waals surface area contributed by atoms with Crippen molar-refractivity contribution in [2.75, 3.05) is 0 Å². The van der Waals surface area contributed by atoms with Gasteiger partial charge < -0.3 is 0 Å². The quantitative estimate of drug-likeness (QED) is 0.274. The molecule has 36 heavy (non-hydrogen) atoms. The maximum Gasteiger partial charge on any atom is 0.416 e. The topological polar surface area (TPSA) is 97.9 Å². The summed E-state index contributed by atoms with van der Waals surface area (Å²) < 4.78 is 42.6. The molecule has 11 heteroatoms. The molecule has 0 aliphatic carbocycles. The first-order valence-electron chi connectivity index (χ1n) is 10.8. The van der Waals surface area contributed by atoms with Crippen molar-refractivity contribution in [3.8, 4) is 22.5 Å². The van der Waals surface area contributed by atoms with Gasteiger partial charge >= 0.3 is 6.18 Å². The Morgan fingerprint density at radius 2 is 1.67 bits per heavy atom. The van der Waals surface area contributed by atoms with E-state index < -0.39 is 17.6 Å². The molecule has 1 amide bonds. The van der Waals surface area contributed by atoms with Crippen LogP contribution in [0.2, 0.25) is 0 Å². The lowest BCUT2D eigenvalue weighted by Crippen LogP contribution is -2.18. The number of aryl methyl sites for hydroxylation is 1. The maximum atomic E-state index is 13.1. The lowest BCUT2D eigenvalue weighted by molar-refractivity contribution is -0.137. The average molecular weight is 492 g/mol. The number of fused-ring (bicyclic) bond motifs is 1. The highest BCUT2D eigenvalue weighted by atomic mass is 19.4. The zero-order valence-electron chi connectivity index (χ0n) is 18.9. The molecule has 5 rings (SSSR count). The maximum absolute atomic E-state index is 13.1. The van der Waals surface area contributed by atoms with Crippen molar-refractivity contribution < 1.29 is 23.2 Å². The molecule has 2 heterocycles. The summed E-state index contributed by atoms with van der Waals surface area (Å²) in [5, 5.41) is 21.7. The van der Waals surface area contributed by atoms with Crippen molar-refractivity contribution in [2.24, 2.45) is 7.05 Å². The highest BCUT2D eigenvalue weighted by Gasteiger charge is 2.30. The first-order valence-corrected chi connectivity index (χ1v) is 10.8. The lowest BCUT2D eigenvalue weighted by Gasteiger charge is -2.10. The van der Waals surface area contributed by atoms with Gasteiger partial charge in [0, 0.05) is 18.2 Å². The predicted octanol–water partition coefficient (Wildman–Crippen LogP) is 4.68. The second kappa shape index (κ2) is 8.93. The third-order valence-corrected chi connectivity index (χ3v) is 5.84. The van der Waals surface area contributed by atoms with E-state index in [0.29, 0.717) is 29.0 Å². The second-order valence-corrected chi connectivity index (χ2v) is 8.20. The Labute approximate surface area is 202 Å². The summed E-state index contributed by atoms with van der Waals surface area (Å²) in [6.07, 6.45) is -4.43. The molecular weight excluding hydrogens is 473 g/mol. The predicted molar refractivity (Wildman–Crippen MR) is 125 cm³/mol. The van der Waals surface area contributed by atoms with Crippen LogP contribution >= 0.6 is 0 Å². The number of hydrogen-bond donors (Lipinski definition) is 2. The summed E-state index contributed by atoms with van der Waals surface area (Å²) in [7, 11) is 1.79. The molecule has 0 fully saturated rings. The minimum Gasteiger partial charge on any atom is -0.288 e. The fraction of sp³-hybridized carbons (Fsp3) is 0.120. The van der Waals surface area contributed by atoms with Gasteiger partial charge in [0.2, 0.25) is 0 Å². The van der Waals surface area contributed by atoms with Crippen LogP contribution in [0.4, 0.5) is 13.2 Å². The van der Waals surface area contributed by atoms with E-state index in [-0.39, 0.29) is 5.56 Å². The van der Waals surface area contributed by atoms with Crippen LogP contribution < -0.4 is 5.48 Å². The molecule has 2 aromatic heterocycles. The van der Waals surface area contributed by atoms with Gasteiger partial charge in [0.05, 0.1) is 29.0 Å². The Hall–Kier alpha value is -4.51. The van der Waals surface area contributed by atoms with Gasteiger partial charge in [-0.3, -0.25) is 14.7 Å². The molecule has 0 saturated heterocycles. The van der Waals surface area contributed by atoms with E-state index in [1.807, 2.05) is 24.3 Å². The summed E-state index contributed by atoms with van der Waals surface area (Å²) in [5.74, 6) is -0.632. The van der Waals surface area contributed by atoms with Gasteiger partial charge in [0.1, 0.15) is 5.52 Å². The second-order valence-electron chi connectivity index (χ2n) is 8.20. The third kappa shape index (κ3) is 4.43. The number of carbonyl (C=O) groups excluding carboxylic acids is 1. The number of aromatic nitrogens is 5. The van der Waals surface area contributed by atoms with Gasteiger partial charge in [-0.2, -0.15) is 18.3 Å². The molecule has 0 aliphatic rings. The molecule has 0 saturated carbocycles. The molecule has 182 valence electrons. The third-order valence-electron chi connectivity index (χ3n) is 5.84. The number of benzene rings is 3. The van der Waals surface area contributed by atoms with Crippen LogP contribution in [-0.4, -0.2) is 35.9 Å². The molecule has 0 aliphatic heterocycles. The van der Waals surface area contributed by atoms with Crippen LogP contribution in [-0.2, 0) is 19.8 Å². The van der Waals surface area contributed by atoms with Crippen LogP contribution in [0.3, 0.4) is 0 Å². The number of hydroxylamine groups is 1. The highest BCUT2D eigenvalue weighted by molar-refractivity contribution is 5.93. The van der Waals surface area contributed by atoms with E-state index in [4.69, 9.17) is 10.3 Å². The minimum atomic E-state index is -4.43. The van der Waals surface area contributed by atoms with Gasteiger partial charge in [-0.15, -0.1) is 5.10 Å². The largest absolute Gasteiger partial charge is 0.416 e. The Morgan fingerprint density at radius 1 is 0.972 bits per heavy atom. The molecule has 0 bridgehead atoms. The van der Waals surface area contributed by atoms with E-state index >= 15 is 0 Å². The number of nitrogens with one attached hydrogen (secondary N) is 1. The molecule has 2 N–H and O–H groups in total. The van der Waals surface area contributed by atoms with Crippen molar-refractivity contribution in [3.05, 3.63) is 89.5 Å². The van der Waals surface area contributed by atoms with Crippen LogP contribution in [0, 0.1) is 0 Å². The highest BCUT2D eigenvalue weighted by Crippen LogP contribution is 2.33. The van der Waals surface area contributed by atoms with E-state index in [2.05, 4.69) is 10.3 Å². The first-order chi connectivity index (χ1) is 17.2. The van der Waals surface area contributed by atoms with E-state index in [0.717, 1.165) is 28.8 Å².